The van der Waals surface area contributed by atoms with Crippen LogP contribution in [0.3, 0.4) is 0 Å². The van der Waals surface area contributed by atoms with E-state index in [1.807, 2.05) is 0 Å². The lowest BCUT2D eigenvalue weighted by Crippen LogP contribution is -2.63. The highest BCUT2D eigenvalue weighted by atomic mass is 32.1. The number of carboxylic acid groups (broad SMARTS) is 4. The maximum Gasteiger partial charge on any atom is 0.359 e. The molecule has 0 atom stereocenters. The molecule has 33 heavy (non-hydrogen) atoms. The Labute approximate surface area is 195 Å². The molecule has 0 fully saturated rings. The zero-order valence-corrected chi connectivity index (χ0v) is 18.7. The summed E-state index contributed by atoms with van der Waals surface area (Å²) in [7, 11) is 0. The van der Waals surface area contributed by atoms with Crippen molar-refractivity contribution in [2.45, 2.75) is 6.54 Å². The summed E-state index contributed by atoms with van der Waals surface area (Å²) in [6.45, 7) is -2.39. The van der Waals surface area contributed by atoms with Gasteiger partial charge in [0.2, 0.25) is 0 Å². The largest absolute Gasteiger partial charge is 0.477 e. The lowest BCUT2D eigenvalue weighted by Gasteiger charge is -2.41. The number of aliphatic imine (C=N–C) groups is 1. The van der Waals surface area contributed by atoms with Crippen molar-refractivity contribution >= 4 is 46.9 Å². The van der Waals surface area contributed by atoms with E-state index in [1.165, 1.54) is 0 Å². The van der Waals surface area contributed by atoms with Crippen LogP contribution in [0.2, 0.25) is 0 Å². The third kappa shape index (κ3) is 9.85. The van der Waals surface area contributed by atoms with E-state index in [0.29, 0.717) is 11.3 Å². The van der Waals surface area contributed by atoms with E-state index < -0.39 is 59.0 Å². The molecule has 1 rings (SSSR count). The number of benzene rings is 1. The van der Waals surface area contributed by atoms with Crippen LogP contribution < -0.4 is 5.73 Å². The fourth-order valence-corrected chi connectivity index (χ4v) is 3.96. The first kappa shape index (κ1) is 27.8. The molecule has 0 saturated heterocycles. The average Bonchev–Trinajstić information content (AvgIpc) is 2.66. The smallest absolute Gasteiger partial charge is 0.359 e. The van der Waals surface area contributed by atoms with Crippen molar-refractivity contribution in [2.75, 3.05) is 52.4 Å². The van der Waals surface area contributed by atoms with Crippen LogP contribution in [0.5, 0.6) is 0 Å². The Kier molecular flexibility index (Phi) is 10.7. The molecule has 0 aliphatic carbocycles. The number of quaternary nitrogens is 2. The molecule has 0 unspecified atom stereocenters. The van der Waals surface area contributed by atoms with Crippen LogP contribution >= 0.6 is 12.2 Å². The van der Waals surface area contributed by atoms with Gasteiger partial charge in [-0.25, -0.2) is 19.2 Å². The van der Waals surface area contributed by atoms with E-state index in [1.54, 1.807) is 24.3 Å². The van der Waals surface area contributed by atoms with Gasteiger partial charge in [0.05, 0.1) is 17.4 Å². The van der Waals surface area contributed by atoms with Gasteiger partial charge in [-0.15, -0.1) is 0 Å². The molecule has 13 heteroatoms. The monoisotopic (exact) mass is 484 g/mol. The summed E-state index contributed by atoms with van der Waals surface area (Å²) >= 11 is 4.56. The Morgan fingerprint density at radius 3 is 1.61 bits per heavy atom. The molecule has 0 aromatic heterocycles. The van der Waals surface area contributed by atoms with Gasteiger partial charge in [-0.05, 0) is 24.4 Å². The normalized spacial score (nSPS) is 11.4. The number of carbonyl (C=O) groups is 4. The van der Waals surface area contributed by atoms with Crippen molar-refractivity contribution < 1.29 is 48.6 Å². The molecular weight excluding hydrogens is 456 g/mol. The SMILES string of the molecule is NCC[N+](CC[N+](CC(=O)O)(CC(=O)O)Cc1ccc(N=C=S)cc1)(CC(=O)O)CC(=O)O. The Morgan fingerprint density at radius 1 is 0.788 bits per heavy atom. The number of hydrogen-bond acceptors (Lipinski definition) is 7. The molecular formula is C20H28N4O8S+2. The van der Waals surface area contributed by atoms with Crippen molar-refractivity contribution in [1.82, 2.24) is 0 Å². The van der Waals surface area contributed by atoms with Crippen molar-refractivity contribution in [3.8, 4) is 0 Å². The first-order valence-corrected chi connectivity index (χ1v) is 10.3. The second-order valence-corrected chi connectivity index (χ2v) is 8.06. The summed E-state index contributed by atoms with van der Waals surface area (Å²) in [5.41, 5.74) is 6.75. The van der Waals surface area contributed by atoms with Gasteiger partial charge in [-0.2, -0.15) is 4.99 Å². The maximum absolute atomic E-state index is 11.7. The summed E-state index contributed by atoms with van der Waals surface area (Å²) < 4.78 is -0.896. The molecule has 0 aliphatic rings. The molecule has 12 nitrogen and oxygen atoms in total. The average molecular weight is 485 g/mol. The number of rotatable bonds is 16. The molecule has 0 radical (unpaired) electrons. The summed E-state index contributed by atoms with van der Waals surface area (Å²) in [5, 5.41) is 40.0. The van der Waals surface area contributed by atoms with Crippen LogP contribution in [-0.2, 0) is 25.7 Å². The Morgan fingerprint density at radius 2 is 1.21 bits per heavy atom. The van der Waals surface area contributed by atoms with Crippen LogP contribution in [0.4, 0.5) is 5.69 Å². The summed E-state index contributed by atoms with van der Waals surface area (Å²) in [6.07, 6.45) is 0. The second kappa shape index (κ2) is 12.7. The molecule has 0 bridgehead atoms. The molecule has 0 amide bonds. The summed E-state index contributed by atoms with van der Waals surface area (Å²) in [6, 6.07) is 6.54. The minimum absolute atomic E-state index is 0.000274. The zero-order valence-electron chi connectivity index (χ0n) is 17.9. The number of hydrogen-bond donors (Lipinski definition) is 5. The molecule has 0 saturated carbocycles. The van der Waals surface area contributed by atoms with Gasteiger partial charge in [0, 0.05) is 12.1 Å². The van der Waals surface area contributed by atoms with Crippen molar-refractivity contribution in [1.29, 1.82) is 0 Å². The Hall–Kier alpha value is -3.22. The first-order valence-electron chi connectivity index (χ1n) is 9.89. The van der Waals surface area contributed by atoms with Gasteiger partial charge >= 0.3 is 23.9 Å². The molecule has 0 spiro atoms. The lowest BCUT2D eigenvalue weighted by atomic mass is 10.1. The van der Waals surface area contributed by atoms with Crippen LogP contribution in [0, 0.1) is 0 Å². The van der Waals surface area contributed by atoms with E-state index >= 15 is 0 Å². The first-order chi connectivity index (χ1) is 15.4. The topological polar surface area (TPSA) is 188 Å². The number of thiocarbonyl (C=S) groups is 1. The highest BCUT2D eigenvalue weighted by Gasteiger charge is 2.40. The molecule has 1 aromatic carbocycles. The van der Waals surface area contributed by atoms with E-state index in [-0.39, 0.29) is 32.7 Å². The number of isothiocyanates is 1. The van der Waals surface area contributed by atoms with E-state index in [4.69, 9.17) is 5.73 Å². The Balaban J connectivity index is 3.38. The minimum atomic E-state index is -1.24. The summed E-state index contributed by atoms with van der Waals surface area (Å²) in [5.74, 6) is -4.97. The standard InChI is InChI=1S/C20H26N4O8S/c21-5-6-23(10-17(25)26,11-18(27)28)7-8-24(12-19(29)30,13-20(31)32)9-15-1-3-16(4-2-15)22-14-33/h1-4H,5-13,21H2,(H2-2,25,26,27,28,29,30,31,32)/p+2. The van der Waals surface area contributed by atoms with Gasteiger partial charge in [0.25, 0.3) is 0 Å². The number of aliphatic carboxylic acids is 4. The molecule has 0 aliphatic heterocycles. The van der Waals surface area contributed by atoms with E-state index in [2.05, 4.69) is 22.4 Å². The van der Waals surface area contributed by atoms with Crippen LogP contribution in [0.15, 0.2) is 29.3 Å². The number of nitrogens with zero attached hydrogens (tertiary/aromatic N) is 3. The van der Waals surface area contributed by atoms with Crippen molar-refractivity contribution in [3.05, 3.63) is 29.8 Å². The van der Waals surface area contributed by atoms with Crippen molar-refractivity contribution in [3.63, 3.8) is 0 Å². The zero-order chi connectivity index (χ0) is 25.1. The fraction of sp³-hybridized carbons (Fsp3) is 0.450. The maximum atomic E-state index is 11.7. The predicted molar refractivity (Wildman–Crippen MR) is 119 cm³/mol. The van der Waals surface area contributed by atoms with Crippen LogP contribution in [0.1, 0.15) is 5.56 Å². The van der Waals surface area contributed by atoms with E-state index in [0.717, 1.165) is 0 Å². The second-order valence-electron chi connectivity index (χ2n) is 7.88. The summed E-state index contributed by atoms with van der Waals surface area (Å²) in [4.78, 5) is 50.1. The van der Waals surface area contributed by atoms with Gasteiger partial charge in [0.15, 0.2) is 26.2 Å². The highest BCUT2D eigenvalue weighted by Crippen LogP contribution is 2.20. The molecule has 1 aromatic rings. The quantitative estimate of drug-likeness (QED) is 0.120. The lowest BCUT2D eigenvalue weighted by molar-refractivity contribution is -0.974. The molecule has 6 N–H and O–H groups in total. The molecule has 0 heterocycles. The number of nitrogens with two attached hydrogens (primary N) is 1. The van der Waals surface area contributed by atoms with E-state index in [9.17, 15) is 39.6 Å². The van der Waals surface area contributed by atoms with Crippen molar-refractivity contribution in [2.24, 2.45) is 10.7 Å². The predicted octanol–water partition coefficient (Wildman–Crippen LogP) is -0.148. The van der Waals surface area contributed by atoms with Gasteiger partial charge in [-0.3, -0.25) is 8.97 Å². The molecule has 180 valence electrons. The van der Waals surface area contributed by atoms with Crippen LogP contribution in [0.25, 0.3) is 0 Å². The minimum Gasteiger partial charge on any atom is -0.477 e. The highest BCUT2D eigenvalue weighted by molar-refractivity contribution is 7.78. The van der Waals surface area contributed by atoms with Crippen LogP contribution in [-0.4, -0.2) is 111 Å². The third-order valence-corrected chi connectivity index (χ3v) is 5.26. The Bertz CT molecular complexity index is 883. The fourth-order valence-electron chi connectivity index (χ4n) is 3.85. The third-order valence-electron chi connectivity index (χ3n) is 5.16. The van der Waals surface area contributed by atoms with Gasteiger partial charge in [0.1, 0.15) is 19.6 Å². The van der Waals surface area contributed by atoms with Gasteiger partial charge in [-0.1, -0.05) is 12.1 Å². The number of carboxylic acids is 4. The van der Waals surface area contributed by atoms with Gasteiger partial charge < -0.3 is 26.2 Å².